The Hall–Kier alpha value is -3.06. The van der Waals surface area contributed by atoms with Crippen LogP contribution in [0.5, 0.6) is 0 Å². The van der Waals surface area contributed by atoms with Crippen LogP contribution < -0.4 is 0 Å². The standard InChI is InChI=1S/C18H22N4O5/c1-5-26-15(24)18(12-8-6-7-9-13(12)20-21-19)10-11-22(14(18)23)16(25)27-17(2,3)4/h6-9H,5,10-11H2,1-4H3. The van der Waals surface area contributed by atoms with Crippen molar-refractivity contribution in [3.8, 4) is 0 Å². The van der Waals surface area contributed by atoms with Gasteiger partial charge in [0.2, 0.25) is 0 Å². The first-order chi connectivity index (χ1) is 12.7. The molecule has 1 fully saturated rings. The van der Waals surface area contributed by atoms with Crippen LogP contribution in [0.15, 0.2) is 29.4 Å². The molecule has 1 saturated heterocycles. The molecule has 0 bridgehead atoms. The minimum absolute atomic E-state index is 0.00186. The molecule has 0 N–H and O–H groups in total. The van der Waals surface area contributed by atoms with E-state index in [9.17, 15) is 14.4 Å². The molecule has 2 rings (SSSR count). The SMILES string of the molecule is CCOC(=O)C1(c2ccccc2N=[N+]=[N-])CCN(C(=O)OC(C)(C)C)C1=O. The number of amides is 2. The van der Waals surface area contributed by atoms with Crippen molar-refractivity contribution in [2.75, 3.05) is 13.2 Å². The maximum Gasteiger partial charge on any atom is 0.417 e. The minimum Gasteiger partial charge on any atom is -0.465 e. The molecule has 1 aliphatic heterocycles. The Morgan fingerprint density at radius 1 is 1.33 bits per heavy atom. The van der Waals surface area contributed by atoms with E-state index in [0.717, 1.165) is 4.90 Å². The summed E-state index contributed by atoms with van der Waals surface area (Å²) in [5.41, 5.74) is 6.59. The van der Waals surface area contributed by atoms with E-state index in [2.05, 4.69) is 10.0 Å². The number of nitrogens with zero attached hydrogens (tertiary/aromatic N) is 4. The van der Waals surface area contributed by atoms with Crippen molar-refractivity contribution in [3.63, 3.8) is 0 Å². The van der Waals surface area contributed by atoms with Crippen LogP contribution >= 0.6 is 0 Å². The van der Waals surface area contributed by atoms with Gasteiger partial charge in [-0.2, -0.15) is 0 Å². The predicted octanol–water partition coefficient (Wildman–Crippen LogP) is 3.60. The second kappa shape index (κ2) is 7.67. The molecule has 0 aromatic heterocycles. The average Bonchev–Trinajstić information content (AvgIpc) is 2.93. The summed E-state index contributed by atoms with van der Waals surface area (Å²) < 4.78 is 10.4. The number of carbonyl (C=O) groups is 3. The number of hydrogen-bond acceptors (Lipinski definition) is 6. The number of esters is 1. The van der Waals surface area contributed by atoms with Crippen LogP contribution in [0.4, 0.5) is 10.5 Å². The van der Waals surface area contributed by atoms with Gasteiger partial charge in [-0.25, -0.2) is 9.69 Å². The van der Waals surface area contributed by atoms with Crippen LogP contribution in [0, 0.1) is 0 Å². The number of hydrogen-bond donors (Lipinski definition) is 0. The lowest BCUT2D eigenvalue weighted by atomic mass is 9.78. The highest BCUT2D eigenvalue weighted by Crippen LogP contribution is 2.42. The van der Waals surface area contributed by atoms with E-state index in [0.29, 0.717) is 0 Å². The van der Waals surface area contributed by atoms with Crippen molar-refractivity contribution in [1.82, 2.24) is 4.90 Å². The fraction of sp³-hybridized carbons (Fsp3) is 0.500. The molecule has 0 spiro atoms. The highest BCUT2D eigenvalue weighted by atomic mass is 16.6. The van der Waals surface area contributed by atoms with E-state index in [-0.39, 0.29) is 30.8 Å². The van der Waals surface area contributed by atoms with Crippen LogP contribution in [0.2, 0.25) is 0 Å². The van der Waals surface area contributed by atoms with Crippen molar-refractivity contribution < 1.29 is 23.9 Å². The summed E-state index contributed by atoms with van der Waals surface area (Å²) in [5, 5.41) is 3.59. The van der Waals surface area contributed by atoms with Gasteiger partial charge in [-0.05, 0) is 45.2 Å². The topological polar surface area (TPSA) is 122 Å². The molecule has 2 amide bonds. The first-order valence-corrected chi connectivity index (χ1v) is 8.54. The Morgan fingerprint density at radius 2 is 2.00 bits per heavy atom. The summed E-state index contributed by atoms with van der Waals surface area (Å²) in [6.07, 6.45) is -0.832. The molecule has 1 aromatic rings. The van der Waals surface area contributed by atoms with E-state index in [4.69, 9.17) is 15.0 Å². The normalized spacial score (nSPS) is 19.4. The van der Waals surface area contributed by atoms with E-state index >= 15 is 0 Å². The summed E-state index contributed by atoms with van der Waals surface area (Å²) in [6.45, 7) is 6.71. The first-order valence-electron chi connectivity index (χ1n) is 8.54. The Kier molecular flexibility index (Phi) is 5.75. The monoisotopic (exact) mass is 374 g/mol. The van der Waals surface area contributed by atoms with Gasteiger partial charge in [0.05, 0.1) is 6.61 Å². The first kappa shape index (κ1) is 20.3. The van der Waals surface area contributed by atoms with Gasteiger partial charge in [-0.15, -0.1) is 0 Å². The molecule has 1 atom stereocenters. The van der Waals surface area contributed by atoms with Gasteiger partial charge in [0.25, 0.3) is 5.91 Å². The third-order valence-corrected chi connectivity index (χ3v) is 4.07. The summed E-state index contributed by atoms with van der Waals surface area (Å²) in [5.74, 6) is -1.54. The molecule has 1 aromatic carbocycles. The Labute approximate surface area is 156 Å². The molecule has 1 heterocycles. The van der Waals surface area contributed by atoms with Crippen molar-refractivity contribution in [1.29, 1.82) is 0 Å². The fourth-order valence-electron chi connectivity index (χ4n) is 2.98. The van der Waals surface area contributed by atoms with Gasteiger partial charge < -0.3 is 9.47 Å². The quantitative estimate of drug-likeness (QED) is 0.262. The second-order valence-corrected chi connectivity index (χ2v) is 7.02. The number of azide groups is 1. The summed E-state index contributed by atoms with van der Waals surface area (Å²) in [4.78, 5) is 42.1. The van der Waals surface area contributed by atoms with Crippen LogP contribution in [-0.2, 0) is 24.5 Å². The van der Waals surface area contributed by atoms with Gasteiger partial charge in [0.1, 0.15) is 5.60 Å². The molecular weight excluding hydrogens is 352 g/mol. The number of imide groups is 1. The average molecular weight is 374 g/mol. The van der Waals surface area contributed by atoms with Crippen LogP contribution in [-0.4, -0.2) is 41.6 Å². The van der Waals surface area contributed by atoms with E-state index in [1.807, 2.05) is 0 Å². The lowest BCUT2D eigenvalue weighted by Gasteiger charge is -2.28. The zero-order valence-electron chi connectivity index (χ0n) is 15.8. The molecule has 0 saturated carbocycles. The second-order valence-electron chi connectivity index (χ2n) is 7.02. The van der Waals surface area contributed by atoms with Gasteiger partial charge in [-0.3, -0.25) is 9.59 Å². The Morgan fingerprint density at radius 3 is 2.59 bits per heavy atom. The predicted molar refractivity (Wildman–Crippen MR) is 96.1 cm³/mol. The largest absolute Gasteiger partial charge is 0.465 e. The zero-order valence-corrected chi connectivity index (χ0v) is 15.8. The third kappa shape index (κ3) is 3.88. The smallest absolute Gasteiger partial charge is 0.417 e. The van der Waals surface area contributed by atoms with Crippen molar-refractivity contribution in [2.24, 2.45) is 5.11 Å². The lowest BCUT2D eigenvalue weighted by molar-refractivity contribution is -0.154. The molecule has 9 heteroatoms. The molecule has 0 aliphatic carbocycles. The van der Waals surface area contributed by atoms with E-state index in [1.54, 1.807) is 39.8 Å². The molecule has 1 unspecified atom stereocenters. The minimum atomic E-state index is -1.77. The maximum absolute atomic E-state index is 13.2. The van der Waals surface area contributed by atoms with Crippen molar-refractivity contribution in [3.05, 3.63) is 40.3 Å². The molecule has 1 aliphatic rings. The van der Waals surface area contributed by atoms with Crippen LogP contribution in [0.3, 0.4) is 0 Å². The zero-order chi connectivity index (χ0) is 20.2. The van der Waals surface area contributed by atoms with E-state index in [1.165, 1.54) is 12.1 Å². The van der Waals surface area contributed by atoms with Gasteiger partial charge in [-0.1, -0.05) is 29.4 Å². The molecule has 144 valence electrons. The fourth-order valence-corrected chi connectivity index (χ4v) is 2.98. The number of rotatable bonds is 4. The van der Waals surface area contributed by atoms with Gasteiger partial charge >= 0.3 is 12.1 Å². The van der Waals surface area contributed by atoms with Gasteiger partial charge in [0, 0.05) is 17.1 Å². The van der Waals surface area contributed by atoms with Crippen molar-refractivity contribution in [2.45, 2.75) is 45.1 Å². The Bertz CT molecular complexity index is 810. The molecule has 27 heavy (non-hydrogen) atoms. The van der Waals surface area contributed by atoms with Crippen LogP contribution in [0.25, 0.3) is 10.4 Å². The number of carbonyl (C=O) groups excluding carboxylic acids is 3. The highest BCUT2D eigenvalue weighted by molar-refractivity contribution is 6.15. The van der Waals surface area contributed by atoms with Crippen LogP contribution in [0.1, 0.15) is 39.7 Å². The maximum atomic E-state index is 13.2. The molecule has 9 nitrogen and oxygen atoms in total. The summed E-state index contributed by atoms with van der Waals surface area (Å²) in [7, 11) is 0. The van der Waals surface area contributed by atoms with Crippen molar-refractivity contribution >= 4 is 23.7 Å². The Balaban J connectivity index is 2.55. The summed E-state index contributed by atoms with van der Waals surface area (Å²) >= 11 is 0. The number of benzene rings is 1. The number of ether oxygens (including phenoxy) is 2. The highest BCUT2D eigenvalue weighted by Gasteiger charge is 2.58. The van der Waals surface area contributed by atoms with E-state index < -0.39 is 29.0 Å². The number of likely N-dealkylation sites (tertiary alicyclic amines) is 1. The van der Waals surface area contributed by atoms with Gasteiger partial charge in [0.15, 0.2) is 5.41 Å². The third-order valence-electron chi connectivity index (χ3n) is 4.07. The lowest BCUT2D eigenvalue weighted by Crippen LogP contribution is -2.47. The molecular formula is C18H22N4O5. The summed E-state index contributed by atoms with van der Waals surface area (Å²) in [6, 6.07) is 6.27. The molecule has 0 radical (unpaired) electrons.